The molecule has 1 aliphatic rings. The fourth-order valence-corrected chi connectivity index (χ4v) is 2.57. The van der Waals surface area contributed by atoms with Crippen molar-refractivity contribution in [1.29, 1.82) is 0 Å². The average Bonchev–Trinajstić information content (AvgIpc) is 2.60. The van der Waals surface area contributed by atoms with Crippen LogP contribution in [0.15, 0.2) is 31.1 Å². The Morgan fingerprint density at radius 1 is 1.52 bits per heavy atom. The highest BCUT2D eigenvalue weighted by Crippen LogP contribution is 2.40. The number of amides is 1. The van der Waals surface area contributed by atoms with Crippen LogP contribution in [-0.4, -0.2) is 49.3 Å². The molecule has 7 heteroatoms. The summed E-state index contributed by atoms with van der Waals surface area (Å²) in [5.41, 5.74) is 1.46. The number of fused-ring (bicyclic) bond motifs is 3. The maximum atomic E-state index is 12.1. The minimum atomic E-state index is -0.153. The summed E-state index contributed by atoms with van der Waals surface area (Å²) in [5, 5.41) is 3.98. The molecule has 2 aromatic rings. The number of methoxy groups -OCH3 is 1. The Bertz CT molecular complexity index is 747. The van der Waals surface area contributed by atoms with Crippen LogP contribution in [0.3, 0.4) is 0 Å². The van der Waals surface area contributed by atoms with E-state index in [1.807, 2.05) is 12.1 Å². The third-order valence-corrected chi connectivity index (χ3v) is 3.63. The van der Waals surface area contributed by atoms with E-state index in [0.717, 1.165) is 10.9 Å². The van der Waals surface area contributed by atoms with Crippen molar-refractivity contribution in [3.05, 3.63) is 31.1 Å². The van der Waals surface area contributed by atoms with Crippen molar-refractivity contribution in [3.8, 4) is 5.75 Å². The molecule has 1 aliphatic heterocycles. The van der Waals surface area contributed by atoms with Gasteiger partial charge in [0.05, 0.1) is 29.7 Å². The van der Waals surface area contributed by atoms with Crippen molar-refractivity contribution in [1.82, 2.24) is 9.97 Å². The molecule has 0 saturated carbocycles. The van der Waals surface area contributed by atoms with Gasteiger partial charge in [0.1, 0.15) is 18.8 Å². The molecule has 0 bridgehead atoms. The zero-order chi connectivity index (χ0) is 16.2. The maximum Gasteiger partial charge on any atom is 0.250 e. The Balaban J connectivity index is 2.10. The Labute approximate surface area is 133 Å². The number of hydrogen-bond donors (Lipinski definition) is 1. The Morgan fingerprint density at radius 3 is 3.17 bits per heavy atom. The molecule has 3 rings (SSSR count). The van der Waals surface area contributed by atoms with Crippen molar-refractivity contribution in [2.75, 3.05) is 43.6 Å². The second kappa shape index (κ2) is 6.62. The van der Waals surface area contributed by atoms with E-state index in [9.17, 15) is 4.79 Å². The number of hydrogen-bond acceptors (Lipinski definition) is 6. The highest BCUT2D eigenvalue weighted by molar-refractivity contribution is 6.07. The molecule has 7 nitrogen and oxygen atoms in total. The van der Waals surface area contributed by atoms with Gasteiger partial charge in [-0.1, -0.05) is 6.58 Å². The van der Waals surface area contributed by atoms with E-state index in [1.165, 1.54) is 12.4 Å². The van der Waals surface area contributed by atoms with Crippen molar-refractivity contribution in [3.63, 3.8) is 0 Å². The number of anilines is 2. The van der Waals surface area contributed by atoms with Crippen LogP contribution >= 0.6 is 0 Å². The van der Waals surface area contributed by atoms with Crippen molar-refractivity contribution < 1.29 is 14.3 Å². The number of ether oxygens (including phenoxy) is 2. The lowest BCUT2D eigenvalue weighted by molar-refractivity contribution is -0.114. The molecule has 0 radical (unpaired) electrons. The fourth-order valence-electron chi connectivity index (χ4n) is 2.57. The predicted octanol–water partition coefficient (Wildman–Crippen LogP) is 1.60. The molecule has 0 aliphatic carbocycles. The number of carbonyl (C=O) groups excluding carboxylic acids is 1. The zero-order valence-electron chi connectivity index (χ0n) is 12.9. The van der Waals surface area contributed by atoms with Gasteiger partial charge in [0.15, 0.2) is 5.75 Å². The van der Waals surface area contributed by atoms with Crippen LogP contribution < -0.4 is 15.0 Å². The first-order valence-corrected chi connectivity index (χ1v) is 7.33. The van der Waals surface area contributed by atoms with Gasteiger partial charge in [-0.05, 0) is 18.2 Å². The first-order valence-electron chi connectivity index (χ1n) is 7.33. The molecule has 0 saturated heterocycles. The second-order valence-electron chi connectivity index (χ2n) is 4.99. The summed E-state index contributed by atoms with van der Waals surface area (Å²) >= 11 is 0. The summed E-state index contributed by atoms with van der Waals surface area (Å²) in [5.74, 6) is 1.13. The van der Waals surface area contributed by atoms with Crippen LogP contribution in [0.25, 0.3) is 10.9 Å². The van der Waals surface area contributed by atoms with E-state index in [4.69, 9.17) is 9.47 Å². The number of aromatic nitrogens is 2. The third-order valence-electron chi connectivity index (χ3n) is 3.63. The molecule has 1 aromatic heterocycles. The molecule has 0 atom stereocenters. The van der Waals surface area contributed by atoms with Crippen LogP contribution in [0.2, 0.25) is 0 Å². The van der Waals surface area contributed by atoms with Crippen molar-refractivity contribution in [2.24, 2.45) is 0 Å². The highest BCUT2D eigenvalue weighted by atomic mass is 16.5. The molecule has 2 heterocycles. The largest absolute Gasteiger partial charge is 0.489 e. The van der Waals surface area contributed by atoms with E-state index in [2.05, 4.69) is 21.9 Å². The molecule has 1 aromatic carbocycles. The molecule has 120 valence electrons. The monoisotopic (exact) mass is 314 g/mol. The van der Waals surface area contributed by atoms with Crippen LogP contribution in [0.4, 0.5) is 11.5 Å². The first-order chi connectivity index (χ1) is 11.3. The van der Waals surface area contributed by atoms with Gasteiger partial charge in [0, 0.05) is 13.7 Å². The van der Waals surface area contributed by atoms with E-state index < -0.39 is 0 Å². The van der Waals surface area contributed by atoms with Crippen LogP contribution in [-0.2, 0) is 9.53 Å². The number of nitrogens with one attached hydrogen (secondary N) is 1. The topological polar surface area (TPSA) is 76.6 Å². The quantitative estimate of drug-likeness (QED) is 0.667. The minimum Gasteiger partial charge on any atom is -0.489 e. The Hall–Kier alpha value is -2.67. The van der Waals surface area contributed by atoms with Gasteiger partial charge in [-0.25, -0.2) is 9.97 Å². The van der Waals surface area contributed by atoms with Crippen LogP contribution in [0.1, 0.15) is 0 Å². The molecule has 23 heavy (non-hydrogen) atoms. The van der Waals surface area contributed by atoms with Crippen LogP contribution in [0.5, 0.6) is 5.75 Å². The third kappa shape index (κ3) is 2.83. The Kier molecular flexibility index (Phi) is 4.38. The summed E-state index contributed by atoms with van der Waals surface area (Å²) in [6.07, 6.45) is 2.80. The lowest BCUT2D eigenvalue weighted by atomic mass is 10.1. The lowest BCUT2D eigenvalue weighted by Gasteiger charge is -2.29. The van der Waals surface area contributed by atoms with E-state index in [0.29, 0.717) is 43.6 Å². The normalized spacial score (nSPS) is 13.3. The number of carbonyl (C=O) groups is 1. The van der Waals surface area contributed by atoms with Gasteiger partial charge < -0.3 is 19.7 Å². The molecule has 0 fully saturated rings. The fraction of sp³-hybridized carbons (Fsp3) is 0.312. The summed E-state index contributed by atoms with van der Waals surface area (Å²) in [4.78, 5) is 22.3. The molecular formula is C16H18N4O3. The van der Waals surface area contributed by atoms with Gasteiger partial charge in [-0.15, -0.1) is 0 Å². The highest BCUT2D eigenvalue weighted by Gasteiger charge is 2.25. The first kappa shape index (κ1) is 15.2. The number of benzene rings is 1. The smallest absolute Gasteiger partial charge is 0.250 e. The van der Waals surface area contributed by atoms with Gasteiger partial charge in [0.2, 0.25) is 0 Å². The maximum absolute atomic E-state index is 12.1. The average molecular weight is 314 g/mol. The van der Waals surface area contributed by atoms with Crippen LogP contribution in [0, 0.1) is 0 Å². The molecule has 1 N–H and O–H groups in total. The zero-order valence-corrected chi connectivity index (χ0v) is 12.9. The van der Waals surface area contributed by atoms with Gasteiger partial charge in [-0.3, -0.25) is 4.79 Å². The van der Waals surface area contributed by atoms with Gasteiger partial charge in [0.25, 0.3) is 5.91 Å². The summed E-state index contributed by atoms with van der Waals surface area (Å²) in [6.45, 7) is 5.63. The van der Waals surface area contributed by atoms with Gasteiger partial charge in [-0.2, -0.15) is 0 Å². The second-order valence-corrected chi connectivity index (χ2v) is 4.99. The number of rotatable bonds is 5. The van der Waals surface area contributed by atoms with Crippen molar-refractivity contribution >= 4 is 28.3 Å². The molecular weight excluding hydrogens is 296 g/mol. The summed E-state index contributed by atoms with van der Waals surface area (Å²) in [7, 11) is 1.64. The predicted molar refractivity (Wildman–Crippen MR) is 87.9 cm³/mol. The molecule has 0 spiro atoms. The number of nitrogens with zero attached hydrogens (tertiary/aromatic N) is 3. The molecule has 1 amide bonds. The van der Waals surface area contributed by atoms with Crippen molar-refractivity contribution in [2.45, 2.75) is 0 Å². The lowest BCUT2D eigenvalue weighted by Crippen LogP contribution is -2.36. The molecule has 0 unspecified atom stereocenters. The SMILES string of the molecule is C=CC(=O)N1CCOc2c1ccc1ncnc(NCCOC)c21. The minimum absolute atomic E-state index is 0.153. The van der Waals surface area contributed by atoms with E-state index >= 15 is 0 Å². The summed E-state index contributed by atoms with van der Waals surface area (Å²) in [6, 6.07) is 3.69. The van der Waals surface area contributed by atoms with E-state index in [1.54, 1.807) is 12.0 Å². The van der Waals surface area contributed by atoms with Gasteiger partial charge >= 0.3 is 0 Å². The standard InChI is InChI=1S/C16H18N4O3/c1-3-13(21)20-7-9-23-15-12(20)5-4-11-14(15)16(19-10-18-11)17-6-8-22-2/h3-5,10H,1,6-9H2,2H3,(H,17,18,19). The summed E-state index contributed by atoms with van der Waals surface area (Å²) < 4.78 is 10.9. The Morgan fingerprint density at radius 2 is 2.39 bits per heavy atom. The van der Waals surface area contributed by atoms with E-state index in [-0.39, 0.29) is 5.91 Å².